The molecule has 118 valence electrons. The van der Waals surface area contributed by atoms with Crippen molar-refractivity contribution in [3.05, 3.63) is 23.4 Å². The van der Waals surface area contributed by atoms with Crippen molar-refractivity contribution in [3.8, 4) is 0 Å². The number of hydrogen-bond acceptors (Lipinski definition) is 4. The number of aryl methyl sites for hydroxylation is 1. The van der Waals surface area contributed by atoms with E-state index in [2.05, 4.69) is 30.1 Å². The molecule has 1 aliphatic rings. The van der Waals surface area contributed by atoms with E-state index < -0.39 is 0 Å². The summed E-state index contributed by atoms with van der Waals surface area (Å²) in [7, 11) is 1.73. The van der Waals surface area contributed by atoms with Gasteiger partial charge in [-0.15, -0.1) is 0 Å². The van der Waals surface area contributed by atoms with Gasteiger partial charge in [0.15, 0.2) is 0 Å². The van der Waals surface area contributed by atoms with Crippen LogP contribution in [0.15, 0.2) is 12.3 Å². The molecule has 21 heavy (non-hydrogen) atoms. The minimum Gasteiger partial charge on any atom is -0.383 e. The second kappa shape index (κ2) is 8.35. The molecule has 0 unspecified atom stereocenters. The van der Waals surface area contributed by atoms with E-state index in [0.29, 0.717) is 0 Å². The number of pyridine rings is 1. The lowest BCUT2D eigenvalue weighted by Crippen LogP contribution is -2.33. The summed E-state index contributed by atoms with van der Waals surface area (Å²) in [4.78, 5) is 7.15. The van der Waals surface area contributed by atoms with Crippen LogP contribution in [0.5, 0.6) is 0 Å². The fourth-order valence-electron chi connectivity index (χ4n) is 2.81. The van der Waals surface area contributed by atoms with Crippen molar-refractivity contribution in [2.45, 2.75) is 39.7 Å². The molecule has 1 N–H and O–H groups in total. The summed E-state index contributed by atoms with van der Waals surface area (Å²) in [6.07, 6.45) is 6.18. The van der Waals surface area contributed by atoms with Gasteiger partial charge >= 0.3 is 0 Å². The molecule has 1 aromatic heterocycles. The van der Waals surface area contributed by atoms with Gasteiger partial charge < -0.3 is 15.0 Å². The standard InChI is InChI=1S/C17H29N3O/c1-4-20(13-15-6-5-7-15)17-14(2)10-16(12-19-17)11-18-8-9-21-3/h10,12,15,18H,4-9,11,13H2,1-3H3. The molecule has 1 saturated carbocycles. The molecule has 4 heteroatoms. The van der Waals surface area contributed by atoms with Crippen LogP contribution in [0, 0.1) is 12.8 Å². The van der Waals surface area contributed by atoms with Crippen LogP contribution >= 0.6 is 0 Å². The van der Waals surface area contributed by atoms with Gasteiger partial charge in [-0.3, -0.25) is 0 Å². The highest BCUT2D eigenvalue weighted by Crippen LogP contribution is 2.29. The average molecular weight is 291 g/mol. The van der Waals surface area contributed by atoms with Crippen molar-refractivity contribution in [3.63, 3.8) is 0 Å². The van der Waals surface area contributed by atoms with Crippen molar-refractivity contribution >= 4 is 5.82 Å². The third-order valence-electron chi connectivity index (χ3n) is 4.30. The Morgan fingerprint density at radius 1 is 1.43 bits per heavy atom. The maximum Gasteiger partial charge on any atom is 0.131 e. The van der Waals surface area contributed by atoms with Gasteiger partial charge in [-0.2, -0.15) is 0 Å². The highest BCUT2D eigenvalue weighted by atomic mass is 16.5. The van der Waals surface area contributed by atoms with Gasteiger partial charge in [0, 0.05) is 39.5 Å². The molecule has 0 atom stereocenters. The Labute approximate surface area is 128 Å². The summed E-state index contributed by atoms with van der Waals surface area (Å²) in [5.74, 6) is 2.03. The minimum atomic E-state index is 0.746. The van der Waals surface area contributed by atoms with E-state index in [1.54, 1.807) is 7.11 Å². The second-order valence-corrected chi connectivity index (χ2v) is 5.99. The monoisotopic (exact) mass is 291 g/mol. The Kier molecular flexibility index (Phi) is 6.46. The molecule has 0 aliphatic heterocycles. The van der Waals surface area contributed by atoms with E-state index in [1.165, 1.54) is 30.4 Å². The van der Waals surface area contributed by atoms with Crippen LogP contribution in [-0.4, -0.2) is 38.3 Å². The van der Waals surface area contributed by atoms with Gasteiger partial charge in [0.25, 0.3) is 0 Å². The largest absolute Gasteiger partial charge is 0.383 e. The lowest BCUT2D eigenvalue weighted by Gasteiger charge is -2.33. The van der Waals surface area contributed by atoms with E-state index in [0.717, 1.165) is 44.5 Å². The molecular formula is C17H29N3O. The number of anilines is 1. The first-order valence-electron chi connectivity index (χ1n) is 8.14. The third-order valence-corrected chi connectivity index (χ3v) is 4.30. The summed E-state index contributed by atoms with van der Waals surface area (Å²) >= 11 is 0. The Balaban J connectivity index is 1.93. The summed E-state index contributed by atoms with van der Waals surface area (Å²) in [5.41, 5.74) is 2.52. The summed E-state index contributed by atoms with van der Waals surface area (Å²) in [6, 6.07) is 2.26. The van der Waals surface area contributed by atoms with Gasteiger partial charge in [-0.1, -0.05) is 6.42 Å². The smallest absolute Gasteiger partial charge is 0.131 e. The van der Waals surface area contributed by atoms with Crippen LogP contribution in [0.1, 0.15) is 37.3 Å². The third kappa shape index (κ3) is 4.68. The van der Waals surface area contributed by atoms with E-state index in [-0.39, 0.29) is 0 Å². The number of rotatable bonds is 9. The highest BCUT2D eigenvalue weighted by Gasteiger charge is 2.21. The van der Waals surface area contributed by atoms with Crippen molar-refractivity contribution in [1.29, 1.82) is 0 Å². The molecule has 4 nitrogen and oxygen atoms in total. The predicted molar refractivity (Wildman–Crippen MR) is 87.8 cm³/mol. The minimum absolute atomic E-state index is 0.746. The molecule has 1 fully saturated rings. The van der Waals surface area contributed by atoms with E-state index in [4.69, 9.17) is 9.72 Å². The van der Waals surface area contributed by atoms with Crippen LogP contribution in [-0.2, 0) is 11.3 Å². The van der Waals surface area contributed by atoms with Gasteiger partial charge in [0.05, 0.1) is 6.61 Å². The number of nitrogens with one attached hydrogen (secondary N) is 1. The predicted octanol–water partition coefficient (Wildman–Crippen LogP) is 2.75. The number of nitrogens with zero attached hydrogens (tertiary/aromatic N) is 2. The zero-order valence-corrected chi connectivity index (χ0v) is 13.7. The first kappa shape index (κ1) is 16.2. The average Bonchev–Trinajstić information content (AvgIpc) is 2.44. The van der Waals surface area contributed by atoms with Crippen molar-refractivity contribution in [2.75, 3.05) is 38.3 Å². The molecule has 0 bridgehead atoms. The van der Waals surface area contributed by atoms with Crippen LogP contribution < -0.4 is 10.2 Å². The molecule has 1 aliphatic carbocycles. The first-order chi connectivity index (χ1) is 10.2. The molecule has 0 saturated heterocycles. The zero-order valence-electron chi connectivity index (χ0n) is 13.7. The topological polar surface area (TPSA) is 37.4 Å². The van der Waals surface area contributed by atoms with Gasteiger partial charge in [0.2, 0.25) is 0 Å². The molecule has 1 aromatic rings. The summed E-state index contributed by atoms with van der Waals surface area (Å²) < 4.78 is 5.04. The van der Waals surface area contributed by atoms with Gasteiger partial charge in [-0.05, 0) is 49.8 Å². The molecule has 0 amide bonds. The molecular weight excluding hydrogens is 262 g/mol. The van der Waals surface area contributed by atoms with E-state index in [1.807, 2.05) is 6.20 Å². The second-order valence-electron chi connectivity index (χ2n) is 5.99. The van der Waals surface area contributed by atoms with Crippen LogP contribution in [0.4, 0.5) is 5.82 Å². The number of methoxy groups -OCH3 is 1. The molecule has 1 heterocycles. The van der Waals surface area contributed by atoms with Gasteiger partial charge in [-0.25, -0.2) is 4.98 Å². The molecule has 2 rings (SSSR count). The number of ether oxygens (including phenoxy) is 1. The quantitative estimate of drug-likeness (QED) is 0.710. The molecule has 0 radical (unpaired) electrons. The molecule has 0 aromatic carbocycles. The Hall–Kier alpha value is -1.13. The van der Waals surface area contributed by atoms with Crippen molar-refractivity contribution in [2.24, 2.45) is 5.92 Å². The van der Waals surface area contributed by atoms with Crippen molar-refractivity contribution in [1.82, 2.24) is 10.3 Å². The Morgan fingerprint density at radius 3 is 2.81 bits per heavy atom. The lowest BCUT2D eigenvalue weighted by molar-refractivity contribution is 0.199. The van der Waals surface area contributed by atoms with Crippen LogP contribution in [0.2, 0.25) is 0 Å². The van der Waals surface area contributed by atoms with E-state index >= 15 is 0 Å². The number of hydrogen-bond donors (Lipinski definition) is 1. The molecule has 0 spiro atoms. The number of aromatic nitrogens is 1. The Bertz CT molecular complexity index is 432. The fourth-order valence-corrected chi connectivity index (χ4v) is 2.81. The normalized spacial score (nSPS) is 15.0. The SMILES string of the molecule is CCN(CC1CCC1)c1ncc(CNCCOC)cc1C. The first-order valence-corrected chi connectivity index (χ1v) is 8.14. The maximum atomic E-state index is 5.04. The van der Waals surface area contributed by atoms with Crippen molar-refractivity contribution < 1.29 is 4.74 Å². The van der Waals surface area contributed by atoms with Crippen LogP contribution in [0.3, 0.4) is 0 Å². The lowest BCUT2D eigenvalue weighted by atomic mass is 9.85. The van der Waals surface area contributed by atoms with E-state index in [9.17, 15) is 0 Å². The highest BCUT2D eigenvalue weighted by molar-refractivity contribution is 5.47. The van der Waals surface area contributed by atoms with Crippen LogP contribution in [0.25, 0.3) is 0 Å². The zero-order chi connectivity index (χ0) is 15.1. The summed E-state index contributed by atoms with van der Waals surface area (Å²) in [5, 5.41) is 3.36. The van der Waals surface area contributed by atoms with Gasteiger partial charge in [0.1, 0.15) is 5.82 Å². The fraction of sp³-hybridized carbons (Fsp3) is 0.706. The maximum absolute atomic E-state index is 5.04. The summed E-state index contributed by atoms with van der Waals surface area (Å²) in [6.45, 7) is 9.07. The Morgan fingerprint density at radius 2 is 2.24 bits per heavy atom.